The summed E-state index contributed by atoms with van der Waals surface area (Å²) in [6, 6.07) is 17.4. The average molecular weight is 310 g/mol. The van der Waals surface area contributed by atoms with Gasteiger partial charge in [-0.15, -0.1) is 11.6 Å². The molecule has 0 atom stereocenters. The fourth-order valence-corrected chi connectivity index (χ4v) is 3.04. The summed E-state index contributed by atoms with van der Waals surface area (Å²) >= 11 is 6.18. The largest absolute Gasteiger partial charge is 0.320 e. The number of nitrogens with zero attached hydrogens (tertiary/aromatic N) is 2. The van der Waals surface area contributed by atoms with E-state index >= 15 is 0 Å². The Morgan fingerprint density at radius 3 is 2.55 bits per heavy atom. The summed E-state index contributed by atoms with van der Waals surface area (Å²) in [6.07, 6.45) is 0. The highest BCUT2D eigenvalue weighted by Gasteiger charge is 2.17. The van der Waals surface area contributed by atoms with Crippen molar-refractivity contribution in [2.24, 2.45) is 0 Å². The number of hydrogen-bond acceptors (Lipinski definition) is 2. The van der Waals surface area contributed by atoms with Crippen LogP contribution in [0.5, 0.6) is 0 Å². The van der Waals surface area contributed by atoms with Gasteiger partial charge in [-0.1, -0.05) is 36.4 Å². The maximum absolute atomic E-state index is 12.3. The van der Waals surface area contributed by atoms with Gasteiger partial charge in [0.05, 0.1) is 17.3 Å². The SMILES string of the molecule is O=c1[nH]c2ccccc2c2c(CCl)n(-c3ccccc3)nc12. The first kappa shape index (κ1) is 13.1. The second kappa shape index (κ2) is 5.00. The zero-order chi connectivity index (χ0) is 15.1. The molecule has 0 amide bonds. The van der Waals surface area contributed by atoms with Crippen molar-refractivity contribution in [3.05, 3.63) is 70.6 Å². The van der Waals surface area contributed by atoms with Crippen molar-refractivity contribution in [2.45, 2.75) is 5.88 Å². The van der Waals surface area contributed by atoms with Crippen molar-refractivity contribution >= 4 is 33.4 Å². The molecule has 4 nitrogen and oxygen atoms in total. The molecule has 4 rings (SSSR count). The van der Waals surface area contributed by atoms with Crippen LogP contribution in [0.25, 0.3) is 27.5 Å². The van der Waals surface area contributed by atoms with E-state index in [0.717, 1.165) is 27.7 Å². The van der Waals surface area contributed by atoms with Crippen LogP contribution in [0.15, 0.2) is 59.4 Å². The second-order valence-corrected chi connectivity index (χ2v) is 5.32. The summed E-state index contributed by atoms with van der Waals surface area (Å²) in [5, 5.41) is 6.26. The fourth-order valence-electron chi connectivity index (χ4n) is 2.79. The maximum atomic E-state index is 12.3. The molecule has 2 aromatic heterocycles. The first-order valence-corrected chi connectivity index (χ1v) is 7.47. The number of alkyl halides is 1. The summed E-state index contributed by atoms with van der Waals surface area (Å²) in [5.41, 5.74) is 2.72. The Morgan fingerprint density at radius 2 is 1.77 bits per heavy atom. The minimum absolute atomic E-state index is 0.199. The van der Waals surface area contributed by atoms with Gasteiger partial charge in [0.25, 0.3) is 5.56 Å². The molecule has 22 heavy (non-hydrogen) atoms. The Hall–Kier alpha value is -2.59. The number of pyridine rings is 1. The molecule has 0 aliphatic carbocycles. The Morgan fingerprint density at radius 1 is 1.05 bits per heavy atom. The lowest BCUT2D eigenvalue weighted by Gasteiger charge is -2.05. The highest BCUT2D eigenvalue weighted by molar-refractivity contribution is 6.19. The van der Waals surface area contributed by atoms with E-state index in [1.165, 1.54) is 0 Å². The van der Waals surface area contributed by atoms with E-state index in [4.69, 9.17) is 11.6 Å². The maximum Gasteiger partial charge on any atom is 0.276 e. The molecule has 0 unspecified atom stereocenters. The number of aromatic nitrogens is 3. The number of nitrogens with one attached hydrogen (secondary N) is 1. The van der Waals surface area contributed by atoms with Gasteiger partial charge in [0.1, 0.15) is 0 Å². The number of halogens is 1. The van der Waals surface area contributed by atoms with Crippen molar-refractivity contribution in [2.75, 3.05) is 0 Å². The molecule has 0 bridgehead atoms. The standard InChI is InChI=1S/C17H12ClN3O/c18-10-14-15-12-8-4-5-9-13(12)19-17(22)16(15)20-21(14)11-6-2-1-3-7-11/h1-9H,10H2,(H,19,22). The zero-order valence-electron chi connectivity index (χ0n) is 11.6. The van der Waals surface area contributed by atoms with Crippen LogP contribution in [0.3, 0.4) is 0 Å². The molecule has 5 heteroatoms. The van der Waals surface area contributed by atoms with Gasteiger partial charge in [-0.3, -0.25) is 4.79 Å². The molecule has 0 aliphatic rings. The van der Waals surface area contributed by atoms with Crippen LogP contribution in [-0.4, -0.2) is 14.8 Å². The van der Waals surface area contributed by atoms with Crippen molar-refractivity contribution in [1.82, 2.24) is 14.8 Å². The molecule has 0 spiro atoms. The highest BCUT2D eigenvalue weighted by atomic mass is 35.5. The molecular weight excluding hydrogens is 298 g/mol. The predicted octanol–water partition coefficient (Wildman–Crippen LogP) is 3.61. The number of para-hydroxylation sites is 2. The first-order valence-electron chi connectivity index (χ1n) is 6.93. The van der Waals surface area contributed by atoms with Gasteiger partial charge in [0, 0.05) is 16.3 Å². The third-order valence-electron chi connectivity index (χ3n) is 3.77. The van der Waals surface area contributed by atoms with E-state index in [0.29, 0.717) is 5.52 Å². The molecular formula is C17H12ClN3O. The molecule has 2 heterocycles. The number of fused-ring (bicyclic) bond motifs is 3. The van der Waals surface area contributed by atoms with Gasteiger partial charge in [0.2, 0.25) is 0 Å². The Balaban J connectivity index is 2.20. The summed E-state index contributed by atoms with van der Waals surface area (Å²) in [5.74, 6) is 0.277. The van der Waals surface area contributed by atoms with E-state index in [-0.39, 0.29) is 11.4 Å². The van der Waals surface area contributed by atoms with E-state index in [1.54, 1.807) is 4.68 Å². The third kappa shape index (κ3) is 1.84. The van der Waals surface area contributed by atoms with Gasteiger partial charge in [0.15, 0.2) is 5.52 Å². The predicted molar refractivity (Wildman–Crippen MR) is 88.8 cm³/mol. The molecule has 0 fully saturated rings. The van der Waals surface area contributed by atoms with Crippen LogP contribution in [0, 0.1) is 0 Å². The van der Waals surface area contributed by atoms with Crippen LogP contribution in [0.4, 0.5) is 0 Å². The Kier molecular flexibility index (Phi) is 2.98. The summed E-state index contributed by atoms with van der Waals surface area (Å²) in [6.45, 7) is 0. The normalized spacial score (nSPS) is 11.3. The quantitative estimate of drug-likeness (QED) is 0.575. The van der Waals surface area contributed by atoms with Crippen molar-refractivity contribution in [3.63, 3.8) is 0 Å². The monoisotopic (exact) mass is 309 g/mol. The van der Waals surface area contributed by atoms with Crippen molar-refractivity contribution in [3.8, 4) is 5.69 Å². The molecule has 0 radical (unpaired) electrons. The highest BCUT2D eigenvalue weighted by Crippen LogP contribution is 2.27. The van der Waals surface area contributed by atoms with Crippen LogP contribution < -0.4 is 5.56 Å². The molecule has 0 saturated heterocycles. The van der Waals surface area contributed by atoms with Gasteiger partial charge >= 0.3 is 0 Å². The molecule has 1 N–H and O–H groups in total. The third-order valence-corrected chi connectivity index (χ3v) is 4.02. The second-order valence-electron chi connectivity index (χ2n) is 5.05. The number of benzene rings is 2. The summed E-state index contributed by atoms with van der Waals surface area (Å²) in [4.78, 5) is 15.2. The van der Waals surface area contributed by atoms with Crippen LogP contribution in [0.1, 0.15) is 5.69 Å². The molecule has 0 saturated carbocycles. The summed E-state index contributed by atoms with van der Waals surface area (Å²) < 4.78 is 1.75. The van der Waals surface area contributed by atoms with Crippen molar-refractivity contribution < 1.29 is 0 Å². The van der Waals surface area contributed by atoms with Gasteiger partial charge < -0.3 is 4.98 Å². The summed E-state index contributed by atoms with van der Waals surface area (Å²) in [7, 11) is 0. The van der Waals surface area contributed by atoms with Crippen LogP contribution in [-0.2, 0) is 5.88 Å². The van der Waals surface area contributed by atoms with Crippen LogP contribution in [0.2, 0.25) is 0 Å². The van der Waals surface area contributed by atoms with E-state index in [2.05, 4.69) is 10.1 Å². The van der Waals surface area contributed by atoms with E-state index < -0.39 is 0 Å². The number of aromatic amines is 1. The van der Waals surface area contributed by atoms with Crippen molar-refractivity contribution in [1.29, 1.82) is 0 Å². The topological polar surface area (TPSA) is 50.7 Å². The lowest BCUT2D eigenvalue weighted by molar-refractivity contribution is 0.852. The zero-order valence-corrected chi connectivity index (χ0v) is 12.3. The smallest absolute Gasteiger partial charge is 0.276 e. The van der Waals surface area contributed by atoms with Crippen LogP contribution >= 0.6 is 11.6 Å². The first-order chi connectivity index (χ1) is 10.8. The molecule has 0 aliphatic heterocycles. The van der Waals surface area contributed by atoms with Gasteiger partial charge in [-0.05, 0) is 18.2 Å². The fraction of sp³-hybridized carbons (Fsp3) is 0.0588. The average Bonchev–Trinajstić information content (AvgIpc) is 2.96. The lowest BCUT2D eigenvalue weighted by Crippen LogP contribution is -2.06. The molecule has 2 aromatic carbocycles. The van der Waals surface area contributed by atoms with E-state index in [9.17, 15) is 4.79 Å². The number of hydrogen-bond donors (Lipinski definition) is 1. The molecule has 4 aromatic rings. The Labute approximate surface area is 131 Å². The number of rotatable bonds is 2. The number of H-pyrrole nitrogens is 1. The molecule has 108 valence electrons. The minimum atomic E-state index is -0.199. The van der Waals surface area contributed by atoms with Gasteiger partial charge in [-0.25, -0.2) is 4.68 Å². The Bertz CT molecular complexity index is 1030. The minimum Gasteiger partial charge on any atom is -0.320 e. The van der Waals surface area contributed by atoms with E-state index in [1.807, 2.05) is 54.6 Å². The lowest BCUT2D eigenvalue weighted by atomic mass is 10.1. The van der Waals surface area contributed by atoms with Gasteiger partial charge in [-0.2, -0.15) is 5.10 Å².